The lowest BCUT2D eigenvalue weighted by Crippen LogP contribution is -2.45. The molecule has 7 heteroatoms. The van der Waals surface area contributed by atoms with Gasteiger partial charge in [0.2, 0.25) is 5.91 Å². The van der Waals surface area contributed by atoms with Crippen molar-refractivity contribution in [3.05, 3.63) is 41.3 Å². The highest BCUT2D eigenvalue weighted by Crippen LogP contribution is 2.24. The van der Waals surface area contributed by atoms with Crippen molar-refractivity contribution < 1.29 is 19.1 Å². The summed E-state index contributed by atoms with van der Waals surface area (Å²) in [5.41, 5.74) is 2.62. The Morgan fingerprint density at radius 1 is 1.32 bits per heavy atom. The quantitative estimate of drug-likeness (QED) is 0.717. The number of carboxylic acid groups (broad SMARTS) is 1. The van der Waals surface area contributed by atoms with Crippen molar-refractivity contribution in [3.8, 4) is 11.3 Å². The van der Waals surface area contributed by atoms with Crippen LogP contribution in [0.4, 0.5) is 4.39 Å². The first-order valence-corrected chi connectivity index (χ1v) is 8.15. The second-order valence-electron chi connectivity index (χ2n) is 6.13. The number of carbonyl (C=O) groups excluding carboxylic acids is 1. The van der Waals surface area contributed by atoms with Crippen molar-refractivity contribution in [1.82, 2.24) is 15.5 Å². The third-order valence-corrected chi connectivity index (χ3v) is 4.32. The predicted octanol–water partition coefficient (Wildman–Crippen LogP) is 2.68. The summed E-state index contributed by atoms with van der Waals surface area (Å²) in [4.78, 5) is 23.7. The van der Waals surface area contributed by atoms with Crippen molar-refractivity contribution in [2.45, 2.75) is 39.7 Å². The highest BCUT2D eigenvalue weighted by Gasteiger charge is 2.26. The summed E-state index contributed by atoms with van der Waals surface area (Å²) in [6, 6.07) is 4.90. The molecule has 0 aliphatic heterocycles. The van der Waals surface area contributed by atoms with Crippen LogP contribution in [0.25, 0.3) is 11.3 Å². The molecular formula is C18H22FN3O3. The fourth-order valence-corrected chi connectivity index (χ4v) is 2.58. The van der Waals surface area contributed by atoms with Gasteiger partial charge in [0.15, 0.2) is 0 Å². The summed E-state index contributed by atoms with van der Waals surface area (Å²) in [5.74, 6) is -1.97. The van der Waals surface area contributed by atoms with E-state index in [1.54, 1.807) is 26.0 Å². The molecule has 0 fully saturated rings. The van der Waals surface area contributed by atoms with E-state index < -0.39 is 12.0 Å². The van der Waals surface area contributed by atoms with Crippen LogP contribution in [-0.4, -0.2) is 33.2 Å². The molecule has 25 heavy (non-hydrogen) atoms. The normalized spacial score (nSPS) is 13.3. The molecule has 0 saturated heterocycles. The summed E-state index contributed by atoms with van der Waals surface area (Å²) in [6.45, 7) is 5.44. The van der Waals surface area contributed by atoms with Crippen molar-refractivity contribution in [1.29, 1.82) is 0 Å². The molecule has 6 nitrogen and oxygen atoms in total. The Balaban J connectivity index is 2.20. The number of halogens is 1. The SMILES string of the molecule is CC[C@@H](C)[C@@H](NC(=O)Cc1c(-c2ccc(F)cc2)n[nH]c1C)C(=O)O. The van der Waals surface area contributed by atoms with Gasteiger partial charge < -0.3 is 10.4 Å². The van der Waals surface area contributed by atoms with Gasteiger partial charge >= 0.3 is 5.97 Å². The fourth-order valence-electron chi connectivity index (χ4n) is 2.58. The number of nitrogens with one attached hydrogen (secondary N) is 2. The molecule has 1 amide bonds. The van der Waals surface area contributed by atoms with E-state index in [1.807, 2.05) is 6.92 Å². The van der Waals surface area contributed by atoms with E-state index in [0.29, 0.717) is 28.9 Å². The van der Waals surface area contributed by atoms with E-state index in [2.05, 4.69) is 15.5 Å². The lowest BCUT2D eigenvalue weighted by Gasteiger charge is -2.20. The summed E-state index contributed by atoms with van der Waals surface area (Å²) in [7, 11) is 0. The molecule has 134 valence electrons. The first kappa shape index (κ1) is 18.6. The van der Waals surface area contributed by atoms with Crippen molar-refractivity contribution in [3.63, 3.8) is 0 Å². The van der Waals surface area contributed by atoms with Gasteiger partial charge in [0.25, 0.3) is 0 Å². The highest BCUT2D eigenvalue weighted by molar-refractivity contribution is 5.86. The number of hydrogen-bond donors (Lipinski definition) is 3. The van der Waals surface area contributed by atoms with Crippen LogP contribution in [0.2, 0.25) is 0 Å². The van der Waals surface area contributed by atoms with Gasteiger partial charge in [-0.1, -0.05) is 20.3 Å². The molecule has 0 radical (unpaired) electrons. The van der Waals surface area contributed by atoms with E-state index in [4.69, 9.17) is 0 Å². The molecule has 0 unspecified atom stereocenters. The largest absolute Gasteiger partial charge is 0.480 e. The molecule has 2 aromatic rings. The topological polar surface area (TPSA) is 95.1 Å². The zero-order chi connectivity index (χ0) is 18.6. The molecule has 0 bridgehead atoms. The Bertz CT molecular complexity index is 755. The third-order valence-electron chi connectivity index (χ3n) is 4.32. The number of aliphatic carboxylic acids is 1. The van der Waals surface area contributed by atoms with E-state index in [9.17, 15) is 19.1 Å². The third kappa shape index (κ3) is 4.43. The summed E-state index contributed by atoms with van der Waals surface area (Å²) in [6.07, 6.45) is 0.637. The van der Waals surface area contributed by atoms with Crippen molar-refractivity contribution >= 4 is 11.9 Å². The molecule has 1 aromatic heterocycles. The monoisotopic (exact) mass is 347 g/mol. The number of carbonyl (C=O) groups is 2. The van der Waals surface area contributed by atoms with Gasteiger partial charge in [-0.05, 0) is 37.1 Å². The van der Waals surface area contributed by atoms with Crippen molar-refractivity contribution in [2.24, 2.45) is 5.92 Å². The maximum Gasteiger partial charge on any atom is 0.326 e. The summed E-state index contributed by atoms with van der Waals surface area (Å²) < 4.78 is 13.1. The molecular weight excluding hydrogens is 325 g/mol. The van der Waals surface area contributed by atoms with Crippen LogP contribution >= 0.6 is 0 Å². The molecule has 3 N–H and O–H groups in total. The van der Waals surface area contributed by atoms with Crippen LogP contribution in [0.15, 0.2) is 24.3 Å². The number of hydrogen-bond acceptors (Lipinski definition) is 3. The Kier molecular flexibility index (Phi) is 5.90. The van der Waals surface area contributed by atoms with E-state index in [0.717, 1.165) is 0 Å². The van der Waals surface area contributed by atoms with Gasteiger partial charge in [0.05, 0.1) is 12.1 Å². The van der Waals surface area contributed by atoms with Crippen molar-refractivity contribution in [2.75, 3.05) is 0 Å². The zero-order valence-corrected chi connectivity index (χ0v) is 14.5. The van der Waals surface area contributed by atoms with Gasteiger partial charge in [-0.15, -0.1) is 0 Å². The molecule has 0 aliphatic carbocycles. The number of aromatic nitrogens is 2. The maximum absolute atomic E-state index is 13.1. The molecule has 1 heterocycles. The van der Waals surface area contributed by atoms with Gasteiger partial charge in [-0.25, -0.2) is 9.18 Å². The number of benzene rings is 1. The number of H-pyrrole nitrogens is 1. The predicted molar refractivity (Wildman–Crippen MR) is 91.4 cm³/mol. The van der Waals surface area contributed by atoms with Gasteiger partial charge in [0, 0.05) is 16.8 Å². The molecule has 0 aliphatic rings. The van der Waals surface area contributed by atoms with E-state index in [1.165, 1.54) is 12.1 Å². The Morgan fingerprint density at radius 2 is 1.96 bits per heavy atom. The number of carboxylic acids is 1. The minimum Gasteiger partial charge on any atom is -0.480 e. The summed E-state index contributed by atoms with van der Waals surface area (Å²) in [5, 5.41) is 18.9. The fraction of sp³-hybridized carbons (Fsp3) is 0.389. The second-order valence-corrected chi connectivity index (χ2v) is 6.13. The lowest BCUT2D eigenvalue weighted by atomic mass is 9.98. The first-order chi connectivity index (χ1) is 11.8. The average molecular weight is 347 g/mol. The Morgan fingerprint density at radius 3 is 2.52 bits per heavy atom. The Hall–Kier alpha value is -2.70. The second kappa shape index (κ2) is 7.92. The average Bonchev–Trinajstić information content (AvgIpc) is 2.93. The standard InChI is InChI=1S/C18H22FN3O3/c1-4-10(2)16(18(24)25)20-15(23)9-14-11(3)21-22-17(14)12-5-7-13(19)8-6-12/h5-8,10,16H,4,9H2,1-3H3,(H,20,23)(H,21,22)(H,24,25)/t10-,16-/m1/s1. The summed E-state index contributed by atoms with van der Waals surface area (Å²) >= 11 is 0. The number of aryl methyl sites for hydroxylation is 1. The maximum atomic E-state index is 13.1. The molecule has 2 atom stereocenters. The highest BCUT2D eigenvalue weighted by atomic mass is 19.1. The lowest BCUT2D eigenvalue weighted by molar-refractivity contribution is -0.143. The number of amides is 1. The van der Waals surface area contributed by atoms with Crippen LogP contribution in [0, 0.1) is 18.7 Å². The van der Waals surface area contributed by atoms with Gasteiger partial charge in [-0.2, -0.15) is 5.10 Å². The van der Waals surface area contributed by atoms with Crippen LogP contribution < -0.4 is 5.32 Å². The van der Waals surface area contributed by atoms with Crippen LogP contribution in [0.5, 0.6) is 0 Å². The van der Waals surface area contributed by atoms with E-state index in [-0.39, 0.29) is 24.1 Å². The molecule has 0 saturated carbocycles. The van der Waals surface area contributed by atoms with Crippen LogP contribution in [0.3, 0.4) is 0 Å². The van der Waals surface area contributed by atoms with Crippen LogP contribution in [-0.2, 0) is 16.0 Å². The molecule has 1 aromatic carbocycles. The smallest absolute Gasteiger partial charge is 0.326 e. The Labute approximate surface area is 145 Å². The number of nitrogens with zero attached hydrogens (tertiary/aromatic N) is 1. The molecule has 2 rings (SSSR count). The minimum atomic E-state index is -1.05. The number of rotatable bonds is 7. The number of aromatic amines is 1. The molecule has 0 spiro atoms. The van der Waals surface area contributed by atoms with E-state index >= 15 is 0 Å². The first-order valence-electron chi connectivity index (χ1n) is 8.15. The van der Waals surface area contributed by atoms with Gasteiger partial charge in [-0.3, -0.25) is 9.89 Å². The minimum absolute atomic E-state index is 0.00470. The van der Waals surface area contributed by atoms with Gasteiger partial charge in [0.1, 0.15) is 11.9 Å². The van der Waals surface area contributed by atoms with Crippen LogP contribution in [0.1, 0.15) is 31.5 Å². The zero-order valence-electron chi connectivity index (χ0n) is 14.5.